The summed E-state index contributed by atoms with van der Waals surface area (Å²) in [6.07, 6.45) is 10.3. The van der Waals surface area contributed by atoms with Gasteiger partial charge in [-0.15, -0.1) is 0 Å². The van der Waals surface area contributed by atoms with E-state index in [4.69, 9.17) is 4.74 Å². The number of hydrogen-bond acceptors (Lipinski definition) is 1. The van der Waals surface area contributed by atoms with Crippen molar-refractivity contribution in [2.75, 3.05) is 0 Å². The van der Waals surface area contributed by atoms with Crippen LogP contribution in [0.15, 0.2) is 42.0 Å². The smallest absolute Gasteiger partial charge is 0.136 e. The van der Waals surface area contributed by atoms with Crippen LogP contribution in [0.3, 0.4) is 0 Å². The first-order chi connectivity index (χ1) is 11.3. The highest BCUT2D eigenvalue weighted by atomic mass is 16.5. The molecule has 1 heteroatoms. The first-order valence-corrected chi connectivity index (χ1v) is 9.24. The topological polar surface area (TPSA) is 9.23 Å². The second kappa shape index (κ2) is 4.87. The molecule has 1 nitrogen and oxygen atoms in total. The summed E-state index contributed by atoms with van der Waals surface area (Å²) in [5.74, 6) is 2.59. The van der Waals surface area contributed by atoms with Crippen LogP contribution in [0.2, 0.25) is 0 Å². The Morgan fingerprint density at radius 3 is 2.48 bits per heavy atom. The lowest BCUT2D eigenvalue weighted by Gasteiger charge is -2.41. The lowest BCUT2D eigenvalue weighted by atomic mass is 9.78. The highest BCUT2D eigenvalue weighted by Crippen LogP contribution is 2.60. The van der Waals surface area contributed by atoms with Gasteiger partial charge in [-0.2, -0.15) is 0 Å². The molecule has 1 heterocycles. The van der Waals surface area contributed by atoms with Crippen molar-refractivity contribution in [3.05, 3.63) is 47.5 Å². The van der Waals surface area contributed by atoms with Crippen LogP contribution >= 0.6 is 0 Å². The molecule has 5 rings (SSSR count). The van der Waals surface area contributed by atoms with E-state index in [-0.39, 0.29) is 5.60 Å². The summed E-state index contributed by atoms with van der Waals surface area (Å²) in [5, 5.41) is 2.64. The Balaban J connectivity index is 1.73. The SMILES string of the molecule is CCCC1=Cc2c(ccc3ccccc23)OC12C1CCC2CC1. The lowest BCUT2D eigenvalue weighted by Crippen LogP contribution is -2.44. The van der Waals surface area contributed by atoms with Crippen molar-refractivity contribution in [1.29, 1.82) is 0 Å². The Labute approximate surface area is 138 Å². The molecule has 118 valence electrons. The molecular weight excluding hydrogens is 280 g/mol. The maximum absolute atomic E-state index is 6.87. The predicted octanol–water partition coefficient (Wildman–Crippen LogP) is 5.97. The predicted molar refractivity (Wildman–Crippen MR) is 95.6 cm³/mol. The van der Waals surface area contributed by atoms with Gasteiger partial charge in [0.2, 0.25) is 0 Å². The molecule has 0 saturated heterocycles. The van der Waals surface area contributed by atoms with Gasteiger partial charge in [-0.05, 0) is 60.6 Å². The number of rotatable bonds is 2. The van der Waals surface area contributed by atoms with Crippen molar-refractivity contribution in [3.63, 3.8) is 0 Å². The van der Waals surface area contributed by atoms with Crippen LogP contribution < -0.4 is 4.74 Å². The first kappa shape index (κ1) is 13.7. The molecular formula is C22H24O. The monoisotopic (exact) mass is 304 g/mol. The Morgan fingerprint density at radius 1 is 1.00 bits per heavy atom. The molecule has 2 fully saturated rings. The minimum Gasteiger partial charge on any atom is -0.482 e. The Kier molecular flexibility index (Phi) is 2.89. The van der Waals surface area contributed by atoms with Crippen LogP contribution in [-0.4, -0.2) is 5.60 Å². The highest BCUT2D eigenvalue weighted by molar-refractivity contribution is 5.94. The molecule has 0 unspecified atom stereocenters. The highest BCUT2D eigenvalue weighted by Gasteiger charge is 2.59. The molecule has 0 atom stereocenters. The van der Waals surface area contributed by atoms with Crippen molar-refractivity contribution in [2.45, 2.75) is 51.0 Å². The maximum Gasteiger partial charge on any atom is 0.136 e. The number of benzene rings is 2. The average Bonchev–Trinajstić information content (AvgIpc) is 3.10. The second-order valence-corrected chi connectivity index (χ2v) is 7.56. The van der Waals surface area contributed by atoms with Crippen molar-refractivity contribution in [3.8, 4) is 5.75 Å². The van der Waals surface area contributed by atoms with E-state index in [1.54, 1.807) is 5.57 Å². The van der Waals surface area contributed by atoms with Gasteiger partial charge in [0.05, 0.1) is 0 Å². The van der Waals surface area contributed by atoms with Gasteiger partial charge in [0.1, 0.15) is 11.4 Å². The zero-order chi connectivity index (χ0) is 15.4. The van der Waals surface area contributed by atoms with Gasteiger partial charge in [-0.1, -0.05) is 43.7 Å². The number of fused-ring (bicyclic) bond motifs is 3. The minimum absolute atomic E-state index is 0.0332. The summed E-state index contributed by atoms with van der Waals surface area (Å²) < 4.78 is 6.87. The second-order valence-electron chi connectivity index (χ2n) is 7.56. The molecule has 1 spiro atoms. The van der Waals surface area contributed by atoms with Crippen molar-refractivity contribution in [1.82, 2.24) is 0 Å². The van der Waals surface area contributed by atoms with E-state index in [1.807, 2.05) is 0 Å². The molecule has 2 bridgehead atoms. The van der Waals surface area contributed by atoms with E-state index < -0.39 is 0 Å². The summed E-state index contributed by atoms with van der Waals surface area (Å²) >= 11 is 0. The lowest BCUT2D eigenvalue weighted by molar-refractivity contribution is 0.0539. The molecule has 0 amide bonds. The van der Waals surface area contributed by atoms with E-state index >= 15 is 0 Å². The average molecular weight is 304 g/mol. The third-order valence-electron chi connectivity index (χ3n) is 6.49. The maximum atomic E-state index is 6.87. The third-order valence-corrected chi connectivity index (χ3v) is 6.49. The minimum atomic E-state index is 0.0332. The van der Waals surface area contributed by atoms with Crippen LogP contribution in [0, 0.1) is 11.8 Å². The van der Waals surface area contributed by atoms with Gasteiger partial charge < -0.3 is 4.74 Å². The third kappa shape index (κ3) is 1.74. The van der Waals surface area contributed by atoms with Gasteiger partial charge in [-0.25, -0.2) is 0 Å². The summed E-state index contributed by atoms with van der Waals surface area (Å²) in [5.41, 5.74) is 2.92. The Hall–Kier alpha value is -1.76. The fourth-order valence-electron chi connectivity index (χ4n) is 5.56. The van der Waals surface area contributed by atoms with E-state index in [9.17, 15) is 0 Å². The molecule has 3 aliphatic rings. The van der Waals surface area contributed by atoms with Crippen LogP contribution in [0.4, 0.5) is 0 Å². The molecule has 0 N–H and O–H groups in total. The fourth-order valence-corrected chi connectivity index (χ4v) is 5.56. The standard InChI is InChI=1S/C22H24O/c1-2-5-18-14-20-19-7-4-3-6-15(19)8-13-21(20)23-22(18)16-9-10-17(22)12-11-16/h3-4,6-8,13-14,16-17H,2,5,9-12H2,1H3. The van der Waals surface area contributed by atoms with Crippen molar-refractivity contribution >= 4 is 16.8 Å². The van der Waals surface area contributed by atoms with Gasteiger partial charge in [0, 0.05) is 17.4 Å². The summed E-state index contributed by atoms with van der Waals surface area (Å²) in [6, 6.07) is 13.1. The Morgan fingerprint density at radius 2 is 1.74 bits per heavy atom. The van der Waals surface area contributed by atoms with Gasteiger partial charge in [0.15, 0.2) is 0 Å². The number of hydrogen-bond donors (Lipinski definition) is 0. The molecule has 2 aromatic carbocycles. The van der Waals surface area contributed by atoms with Gasteiger partial charge in [0.25, 0.3) is 0 Å². The Bertz CT molecular complexity index is 781. The van der Waals surface area contributed by atoms with Crippen LogP contribution in [0.5, 0.6) is 5.75 Å². The van der Waals surface area contributed by atoms with E-state index in [0.29, 0.717) is 0 Å². The first-order valence-electron chi connectivity index (χ1n) is 9.24. The fraction of sp³-hybridized carbons (Fsp3) is 0.455. The largest absolute Gasteiger partial charge is 0.482 e. The van der Waals surface area contributed by atoms with Crippen LogP contribution in [-0.2, 0) is 0 Å². The zero-order valence-corrected chi connectivity index (χ0v) is 13.8. The number of ether oxygens (including phenoxy) is 1. The van der Waals surface area contributed by atoms with Gasteiger partial charge >= 0.3 is 0 Å². The molecule has 23 heavy (non-hydrogen) atoms. The normalized spacial score (nSPS) is 31.3. The summed E-state index contributed by atoms with van der Waals surface area (Å²) in [4.78, 5) is 0. The molecule has 2 aliphatic carbocycles. The molecule has 0 radical (unpaired) electrons. The quantitative estimate of drug-likeness (QED) is 0.663. The van der Waals surface area contributed by atoms with Crippen LogP contribution in [0.1, 0.15) is 51.0 Å². The van der Waals surface area contributed by atoms with E-state index in [1.165, 1.54) is 54.9 Å². The van der Waals surface area contributed by atoms with E-state index in [2.05, 4.69) is 49.4 Å². The summed E-state index contributed by atoms with van der Waals surface area (Å²) in [7, 11) is 0. The zero-order valence-electron chi connectivity index (χ0n) is 13.8. The molecule has 2 saturated carbocycles. The molecule has 0 aromatic heterocycles. The molecule has 1 aliphatic heterocycles. The summed E-state index contributed by atoms with van der Waals surface area (Å²) in [6.45, 7) is 2.30. The van der Waals surface area contributed by atoms with Crippen LogP contribution in [0.25, 0.3) is 16.8 Å². The molecule has 2 aromatic rings. The van der Waals surface area contributed by atoms with Gasteiger partial charge in [-0.3, -0.25) is 0 Å². The van der Waals surface area contributed by atoms with Crippen molar-refractivity contribution in [2.24, 2.45) is 11.8 Å². The van der Waals surface area contributed by atoms with Crippen molar-refractivity contribution < 1.29 is 4.74 Å². The van der Waals surface area contributed by atoms with E-state index in [0.717, 1.165) is 17.6 Å².